The van der Waals surface area contributed by atoms with Crippen LogP contribution in [0.2, 0.25) is 0 Å². The molecule has 1 aliphatic rings. The molecule has 0 heterocycles. The fourth-order valence-corrected chi connectivity index (χ4v) is 2.39. The summed E-state index contributed by atoms with van der Waals surface area (Å²) in [6, 6.07) is 0. The number of hydrogen-bond acceptors (Lipinski definition) is 3. The summed E-state index contributed by atoms with van der Waals surface area (Å²) in [7, 11) is 3.45. The van der Waals surface area contributed by atoms with Crippen LogP contribution in [0.1, 0.15) is 38.5 Å². The van der Waals surface area contributed by atoms with Crippen molar-refractivity contribution in [2.24, 2.45) is 4.99 Å². The Kier molecular flexibility index (Phi) is 10.1. The highest BCUT2D eigenvalue weighted by molar-refractivity contribution is 5.84. The van der Waals surface area contributed by atoms with Crippen LogP contribution in [0.25, 0.3) is 0 Å². The van der Waals surface area contributed by atoms with Crippen molar-refractivity contribution < 1.29 is 9.53 Å². The quantitative estimate of drug-likeness (QED) is 0.292. The Morgan fingerprint density at radius 3 is 2.70 bits per heavy atom. The average Bonchev–Trinajstić information content (AvgIpc) is 2.56. The second kappa shape index (κ2) is 11.9. The first-order valence-electron chi connectivity index (χ1n) is 8.58. The summed E-state index contributed by atoms with van der Waals surface area (Å²) in [5, 5.41) is 6.34. The van der Waals surface area contributed by atoms with Crippen LogP contribution in [-0.2, 0) is 9.53 Å². The summed E-state index contributed by atoms with van der Waals surface area (Å²) in [6.07, 6.45) is 9.48. The van der Waals surface area contributed by atoms with Crippen molar-refractivity contribution in [2.45, 2.75) is 44.6 Å². The van der Waals surface area contributed by atoms with Crippen LogP contribution in [0, 0.1) is 0 Å². The molecule has 0 aromatic rings. The minimum absolute atomic E-state index is 0.0228. The van der Waals surface area contributed by atoms with Crippen molar-refractivity contribution in [1.29, 1.82) is 0 Å². The number of rotatable bonds is 9. The van der Waals surface area contributed by atoms with E-state index in [9.17, 15) is 4.79 Å². The fraction of sp³-hybridized carbons (Fsp3) is 0.765. The molecule has 0 unspecified atom stereocenters. The van der Waals surface area contributed by atoms with Gasteiger partial charge < -0.3 is 20.3 Å². The molecular formula is C17H32N4O2. The van der Waals surface area contributed by atoms with E-state index >= 15 is 0 Å². The second-order valence-electron chi connectivity index (χ2n) is 6.03. The number of amides is 1. The Labute approximate surface area is 140 Å². The van der Waals surface area contributed by atoms with Crippen LogP contribution in [0.5, 0.6) is 0 Å². The van der Waals surface area contributed by atoms with Crippen LogP contribution in [0.4, 0.5) is 0 Å². The smallest absolute Gasteiger partial charge is 0.243 e. The Hall–Kier alpha value is -1.56. The van der Waals surface area contributed by atoms with Crippen LogP contribution in [-0.4, -0.2) is 63.2 Å². The number of guanidine groups is 1. The SMILES string of the molecule is C=CCNC(=NCC(=O)N(C)C)NCCCOC1CCCCC1. The van der Waals surface area contributed by atoms with Crippen molar-refractivity contribution in [3.63, 3.8) is 0 Å². The number of ether oxygens (including phenoxy) is 1. The van der Waals surface area contributed by atoms with Gasteiger partial charge in [0.15, 0.2) is 5.96 Å². The largest absolute Gasteiger partial charge is 0.378 e. The molecular weight excluding hydrogens is 292 g/mol. The summed E-state index contributed by atoms with van der Waals surface area (Å²) >= 11 is 0. The van der Waals surface area contributed by atoms with E-state index in [1.807, 2.05) is 0 Å². The molecule has 0 aromatic heterocycles. The van der Waals surface area contributed by atoms with Crippen molar-refractivity contribution >= 4 is 11.9 Å². The maximum absolute atomic E-state index is 11.6. The predicted molar refractivity (Wildman–Crippen MR) is 94.6 cm³/mol. The van der Waals surface area contributed by atoms with E-state index in [1.54, 1.807) is 20.2 Å². The molecule has 1 fully saturated rings. The summed E-state index contributed by atoms with van der Waals surface area (Å²) < 4.78 is 5.90. The second-order valence-corrected chi connectivity index (χ2v) is 6.03. The van der Waals surface area contributed by atoms with Crippen LogP contribution >= 0.6 is 0 Å². The van der Waals surface area contributed by atoms with Gasteiger partial charge in [-0.3, -0.25) is 4.79 Å². The zero-order chi connectivity index (χ0) is 16.9. The Morgan fingerprint density at radius 2 is 2.04 bits per heavy atom. The minimum atomic E-state index is -0.0228. The number of carbonyl (C=O) groups excluding carboxylic acids is 1. The molecule has 0 saturated heterocycles. The number of nitrogens with zero attached hydrogens (tertiary/aromatic N) is 2. The van der Waals surface area contributed by atoms with Gasteiger partial charge in [0, 0.05) is 33.8 Å². The number of carbonyl (C=O) groups is 1. The van der Waals surface area contributed by atoms with E-state index in [0.29, 0.717) is 18.6 Å². The first-order chi connectivity index (χ1) is 11.1. The lowest BCUT2D eigenvalue weighted by Crippen LogP contribution is -2.39. The standard InChI is InChI=1S/C17H32N4O2/c1-4-11-18-17(20-14-16(22)21(2)3)19-12-8-13-23-15-9-6-5-7-10-15/h4,15H,1,5-14H2,2-3H3,(H2,18,19,20). The summed E-state index contributed by atoms with van der Waals surface area (Å²) in [4.78, 5) is 17.4. The van der Waals surface area contributed by atoms with Gasteiger partial charge in [0.2, 0.25) is 5.91 Å². The lowest BCUT2D eigenvalue weighted by Gasteiger charge is -2.22. The van der Waals surface area contributed by atoms with Gasteiger partial charge in [-0.15, -0.1) is 6.58 Å². The zero-order valence-electron chi connectivity index (χ0n) is 14.6. The van der Waals surface area contributed by atoms with E-state index in [2.05, 4.69) is 22.2 Å². The molecule has 0 atom stereocenters. The van der Waals surface area contributed by atoms with Crippen LogP contribution < -0.4 is 10.6 Å². The number of likely N-dealkylation sites (N-methyl/N-ethyl adjacent to an activating group) is 1. The molecule has 6 nitrogen and oxygen atoms in total. The van der Waals surface area contributed by atoms with Crippen molar-refractivity contribution in [3.05, 3.63) is 12.7 Å². The molecule has 1 amide bonds. The molecule has 6 heteroatoms. The number of hydrogen-bond donors (Lipinski definition) is 2. The molecule has 1 rings (SSSR count). The summed E-state index contributed by atoms with van der Waals surface area (Å²) in [6.45, 7) is 5.96. The lowest BCUT2D eigenvalue weighted by molar-refractivity contribution is -0.127. The topological polar surface area (TPSA) is 66.0 Å². The van der Waals surface area contributed by atoms with Gasteiger partial charge in [-0.25, -0.2) is 4.99 Å². The first-order valence-corrected chi connectivity index (χ1v) is 8.58. The molecule has 0 aromatic carbocycles. The van der Waals surface area contributed by atoms with E-state index in [4.69, 9.17) is 4.74 Å². The first kappa shape index (κ1) is 19.5. The Morgan fingerprint density at radius 1 is 1.30 bits per heavy atom. The monoisotopic (exact) mass is 324 g/mol. The van der Waals surface area contributed by atoms with Gasteiger partial charge in [-0.05, 0) is 19.3 Å². The third-order valence-electron chi connectivity index (χ3n) is 3.80. The van der Waals surface area contributed by atoms with Gasteiger partial charge >= 0.3 is 0 Å². The molecule has 1 saturated carbocycles. The van der Waals surface area contributed by atoms with Crippen LogP contribution in [0.3, 0.4) is 0 Å². The lowest BCUT2D eigenvalue weighted by atomic mass is 9.98. The average molecular weight is 324 g/mol. The van der Waals surface area contributed by atoms with E-state index in [0.717, 1.165) is 19.6 Å². The van der Waals surface area contributed by atoms with Crippen molar-refractivity contribution in [2.75, 3.05) is 40.3 Å². The molecule has 1 aliphatic carbocycles. The van der Waals surface area contributed by atoms with Crippen LogP contribution in [0.15, 0.2) is 17.6 Å². The molecule has 23 heavy (non-hydrogen) atoms. The molecule has 0 radical (unpaired) electrons. The van der Waals surface area contributed by atoms with E-state index < -0.39 is 0 Å². The minimum Gasteiger partial charge on any atom is -0.378 e. The molecule has 132 valence electrons. The zero-order valence-corrected chi connectivity index (χ0v) is 14.6. The van der Waals surface area contributed by atoms with E-state index in [-0.39, 0.29) is 12.5 Å². The maximum Gasteiger partial charge on any atom is 0.243 e. The third-order valence-corrected chi connectivity index (χ3v) is 3.80. The maximum atomic E-state index is 11.6. The molecule has 0 aliphatic heterocycles. The molecule has 0 bridgehead atoms. The highest BCUT2D eigenvalue weighted by atomic mass is 16.5. The van der Waals surface area contributed by atoms with Crippen molar-refractivity contribution in [3.8, 4) is 0 Å². The third kappa shape index (κ3) is 9.23. The number of nitrogens with one attached hydrogen (secondary N) is 2. The van der Waals surface area contributed by atoms with Gasteiger partial charge in [0.1, 0.15) is 6.54 Å². The molecule has 2 N–H and O–H groups in total. The van der Waals surface area contributed by atoms with Gasteiger partial charge in [-0.1, -0.05) is 25.3 Å². The Bertz CT molecular complexity index is 377. The fourth-order valence-electron chi connectivity index (χ4n) is 2.39. The normalized spacial score (nSPS) is 16.0. The van der Waals surface area contributed by atoms with E-state index in [1.165, 1.54) is 37.0 Å². The highest BCUT2D eigenvalue weighted by Crippen LogP contribution is 2.20. The van der Waals surface area contributed by atoms with Crippen molar-refractivity contribution in [1.82, 2.24) is 15.5 Å². The van der Waals surface area contributed by atoms with Gasteiger partial charge in [-0.2, -0.15) is 0 Å². The van der Waals surface area contributed by atoms with Gasteiger partial charge in [0.05, 0.1) is 6.10 Å². The van der Waals surface area contributed by atoms with Gasteiger partial charge in [0.25, 0.3) is 0 Å². The summed E-state index contributed by atoms with van der Waals surface area (Å²) in [5.74, 6) is 0.614. The highest BCUT2D eigenvalue weighted by Gasteiger charge is 2.13. The number of aliphatic imine (C=N–C) groups is 1. The predicted octanol–water partition coefficient (Wildman–Crippen LogP) is 1.54. The Balaban J connectivity index is 2.22. The molecule has 0 spiro atoms. The summed E-state index contributed by atoms with van der Waals surface area (Å²) in [5.41, 5.74) is 0.